The van der Waals surface area contributed by atoms with Crippen LogP contribution in [0.1, 0.15) is 5.56 Å². The SMILES string of the molecule is C=C(CN)c1ccc(Br)cc1F. The zero-order valence-corrected chi connectivity index (χ0v) is 8.07. The van der Waals surface area contributed by atoms with Gasteiger partial charge in [-0.1, -0.05) is 28.6 Å². The van der Waals surface area contributed by atoms with Gasteiger partial charge in [-0.25, -0.2) is 4.39 Å². The van der Waals surface area contributed by atoms with Crippen LogP contribution < -0.4 is 5.73 Å². The van der Waals surface area contributed by atoms with E-state index >= 15 is 0 Å². The topological polar surface area (TPSA) is 26.0 Å². The molecule has 0 aliphatic rings. The summed E-state index contributed by atoms with van der Waals surface area (Å²) in [5.74, 6) is -0.292. The predicted octanol–water partition coefficient (Wildman–Crippen LogP) is 2.56. The Kier molecular flexibility index (Phi) is 3.00. The summed E-state index contributed by atoms with van der Waals surface area (Å²) in [4.78, 5) is 0. The summed E-state index contributed by atoms with van der Waals surface area (Å²) < 4.78 is 13.9. The van der Waals surface area contributed by atoms with Crippen molar-refractivity contribution in [3.05, 3.63) is 40.6 Å². The minimum atomic E-state index is -0.292. The van der Waals surface area contributed by atoms with Crippen molar-refractivity contribution in [3.63, 3.8) is 0 Å². The van der Waals surface area contributed by atoms with E-state index in [9.17, 15) is 4.39 Å². The Bertz CT molecular complexity index is 309. The van der Waals surface area contributed by atoms with Gasteiger partial charge in [0, 0.05) is 16.6 Å². The average Bonchev–Trinajstić information content (AvgIpc) is 2.03. The lowest BCUT2D eigenvalue weighted by molar-refractivity contribution is 0.623. The fourth-order valence-corrected chi connectivity index (χ4v) is 1.22. The molecule has 0 heterocycles. The van der Waals surface area contributed by atoms with Crippen LogP contribution in [0.4, 0.5) is 4.39 Å². The van der Waals surface area contributed by atoms with Crippen molar-refractivity contribution >= 4 is 21.5 Å². The zero-order valence-electron chi connectivity index (χ0n) is 6.48. The highest BCUT2D eigenvalue weighted by atomic mass is 79.9. The van der Waals surface area contributed by atoms with Gasteiger partial charge in [0.2, 0.25) is 0 Å². The number of rotatable bonds is 2. The molecule has 0 amide bonds. The van der Waals surface area contributed by atoms with Crippen LogP contribution in [-0.4, -0.2) is 6.54 Å². The van der Waals surface area contributed by atoms with E-state index in [1.165, 1.54) is 6.07 Å². The molecule has 0 aromatic heterocycles. The van der Waals surface area contributed by atoms with Gasteiger partial charge in [-0.2, -0.15) is 0 Å². The van der Waals surface area contributed by atoms with E-state index in [0.717, 1.165) is 0 Å². The van der Waals surface area contributed by atoms with Crippen molar-refractivity contribution in [3.8, 4) is 0 Å². The van der Waals surface area contributed by atoms with E-state index in [-0.39, 0.29) is 12.4 Å². The molecule has 1 aromatic carbocycles. The smallest absolute Gasteiger partial charge is 0.131 e. The summed E-state index contributed by atoms with van der Waals surface area (Å²) in [5, 5.41) is 0. The molecule has 0 saturated heterocycles. The van der Waals surface area contributed by atoms with Crippen molar-refractivity contribution < 1.29 is 4.39 Å². The van der Waals surface area contributed by atoms with Crippen molar-refractivity contribution in [1.82, 2.24) is 0 Å². The van der Waals surface area contributed by atoms with Crippen molar-refractivity contribution in [1.29, 1.82) is 0 Å². The third-order valence-corrected chi connectivity index (χ3v) is 2.05. The van der Waals surface area contributed by atoms with E-state index in [4.69, 9.17) is 5.73 Å². The van der Waals surface area contributed by atoms with Gasteiger partial charge in [0.1, 0.15) is 5.82 Å². The highest BCUT2D eigenvalue weighted by Crippen LogP contribution is 2.19. The summed E-state index contributed by atoms with van der Waals surface area (Å²) >= 11 is 3.17. The lowest BCUT2D eigenvalue weighted by atomic mass is 10.1. The maximum atomic E-state index is 13.1. The first kappa shape index (κ1) is 9.42. The summed E-state index contributed by atoms with van der Waals surface area (Å²) in [5.41, 5.74) is 6.43. The van der Waals surface area contributed by atoms with Crippen molar-refractivity contribution in [2.24, 2.45) is 5.73 Å². The maximum Gasteiger partial charge on any atom is 0.131 e. The van der Waals surface area contributed by atoms with Gasteiger partial charge in [-0.3, -0.25) is 0 Å². The minimum absolute atomic E-state index is 0.276. The molecule has 12 heavy (non-hydrogen) atoms. The third kappa shape index (κ3) is 1.93. The minimum Gasteiger partial charge on any atom is -0.326 e. The Morgan fingerprint density at radius 1 is 1.58 bits per heavy atom. The van der Waals surface area contributed by atoms with Gasteiger partial charge in [-0.05, 0) is 17.7 Å². The molecule has 0 spiro atoms. The first-order chi connectivity index (χ1) is 5.65. The van der Waals surface area contributed by atoms with Crippen molar-refractivity contribution in [2.75, 3.05) is 6.54 Å². The largest absolute Gasteiger partial charge is 0.326 e. The summed E-state index contributed by atoms with van der Waals surface area (Å²) in [6.07, 6.45) is 0. The second-order valence-corrected chi connectivity index (χ2v) is 3.35. The number of benzene rings is 1. The molecule has 0 bridgehead atoms. The molecule has 2 N–H and O–H groups in total. The fraction of sp³-hybridized carbons (Fsp3) is 0.111. The average molecular weight is 230 g/mol. The van der Waals surface area contributed by atoms with Gasteiger partial charge in [0.05, 0.1) is 0 Å². The fourth-order valence-electron chi connectivity index (χ4n) is 0.886. The van der Waals surface area contributed by atoms with Crippen LogP contribution >= 0.6 is 15.9 Å². The van der Waals surface area contributed by atoms with Gasteiger partial charge < -0.3 is 5.73 Å². The third-order valence-electron chi connectivity index (χ3n) is 1.56. The summed E-state index contributed by atoms with van der Waals surface area (Å²) in [6, 6.07) is 4.82. The monoisotopic (exact) mass is 229 g/mol. The predicted molar refractivity (Wildman–Crippen MR) is 52.2 cm³/mol. The second-order valence-electron chi connectivity index (χ2n) is 2.43. The summed E-state index contributed by atoms with van der Waals surface area (Å²) in [7, 11) is 0. The number of hydrogen-bond acceptors (Lipinski definition) is 1. The Morgan fingerprint density at radius 2 is 2.25 bits per heavy atom. The number of halogens is 2. The van der Waals surface area contributed by atoms with Gasteiger partial charge >= 0.3 is 0 Å². The van der Waals surface area contributed by atoms with Crippen molar-refractivity contribution in [2.45, 2.75) is 0 Å². The molecule has 0 atom stereocenters. The molecule has 0 radical (unpaired) electrons. The molecular formula is C9H9BrFN. The van der Waals surface area contributed by atoms with E-state index in [2.05, 4.69) is 22.5 Å². The zero-order chi connectivity index (χ0) is 9.14. The second kappa shape index (κ2) is 3.83. The highest BCUT2D eigenvalue weighted by molar-refractivity contribution is 9.10. The number of hydrogen-bond donors (Lipinski definition) is 1. The molecule has 0 aliphatic carbocycles. The molecule has 64 valence electrons. The Labute approximate surface area is 79.2 Å². The standard InChI is InChI=1S/C9H9BrFN/c1-6(5-12)8-3-2-7(10)4-9(8)11/h2-4H,1,5,12H2. The Hall–Kier alpha value is -0.670. The molecule has 0 aliphatic heterocycles. The molecule has 1 aromatic rings. The maximum absolute atomic E-state index is 13.1. The van der Waals surface area contributed by atoms with E-state index in [1.54, 1.807) is 12.1 Å². The Morgan fingerprint density at radius 3 is 2.75 bits per heavy atom. The first-order valence-electron chi connectivity index (χ1n) is 3.48. The lowest BCUT2D eigenvalue weighted by Gasteiger charge is -2.03. The van der Waals surface area contributed by atoms with Crippen LogP contribution in [0.25, 0.3) is 5.57 Å². The quantitative estimate of drug-likeness (QED) is 0.830. The van der Waals surface area contributed by atoms with Crippen LogP contribution in [0.3, 0.4) is 0 Å². The van der Waals surface area contributed by atoms with Gasteiger partial charge in [-0.15, -0.1) is 0 Å². The molecule has 1 rings (SSSR count). The van der Waals surface area contributed by atoms with E-state index in [1.807, 2.05) is 0 Å². The Balaban J connectivity index is 3.09. The van der Waals surface area contributed by atoms with Crippen LogP contribution in [0.5, 0.6) is 0 Å². The van der Waals surface area contributed by atoms with E-state index in [0.29, 0.717) is 15.6 Å². The molecular weight excluding hydrogens is 221 g/mol. The molecule has 3 heteroatoms. The molecule has 1 nitrogen and oxygen atoms in total. The molecule has 0 saturated carbocycles. The molecule has 0 unspecified atom stereocenters. The van der Waals surface area contributed by atoms with Crippen LogP contribution in [0.15, 0.2) is 29.3 Å². The van der Waals surface area contributed by atoms with Crippen LogP contribution in [0, 0.1) is 5.82 Å². The first-order valence-corrected chi connectivity index (χ1v) is 4.27. The van der Waals surface area contributed by atoms with Gasteiger partial charge in [0.15, 0.2) is 0 Å². The number of nitrogens with two attached hydrogens (primary N) is 1. The van der Waals surface area contributed by atoms with E-state index < -0.39 is 0 Å². The van der Waals surface area contributed by atoms with Gasteiger partial charge in [0.25, 0.3) is 0 Å². The normalized spacial score (nSPS) is 9.92. The summed E-state index contributed by atoms with van der Waals surface area (Å²) in [6.45, 7) is 3.93. The highest BCUT2D eigenvalue weighted by Gasteiger charge is 2.04. The molecule has 0 fully saturated rings. The van der Waals surface area contributed by atoms with Crippen LogP contribution in [-0.2, 0) is 0 Å². The lowest BCUT2D eigenvalue weighted by Crippen LogP contribution is -2.02. The van der Waals surface area contributed by atoms with Crippen LogP contribution in [0.2, 0.25) is 0 Å².